The number of aliphatic hydroxyl groups is 1. The number of carbonyl (C=O) groups is 1. The topological polar surface area (TPSA) is 75.3 Å². The molecule has 0 bridgehead atoms. The van der Waals surface area contributed by atoms with Crippen LogP contribution in [0.4, 0.5) is 0 Å². The molecule has 0 amide bonds. The van der Waals surface area contributed by atoms with Crippen LogP contribution in [0.15, 0.2) is 18.2 Å². The lowest BCUT2D eigenvalue weighted by molar-refractivity contribution is 0.0699. The van der Waals surface area contributed by atoms with Crippen molar-refractivity contribution < 1.29 is 15.0 Å². The second kappa shape index (κ2) is 6.52. The van der Waals surface area contributed by atoms with Gasteiger partial charge in [0.2, 0.25) is 0 Å². The largest absolute Gasteiger partial charge is 0.478 e. The summed E-state index contributed by atoms with van der Waals surface area (Å²) in [6.45, 7) is 3.04. The second-order valence-electron chi connectivity index (χ2n) is 4.80. The normalized spacial score (nSPS) is 11.1. The highest BCUT2D eigenvalue weighted by molar-refractivity contribution is 6.01. The van der Waals surface area contributed by atoms with E-state index in [1.807, 2.05) is 13.0 Å². The molecule has 0 radical (unpaired) electrons. The highest BCUT2D eigenvalue weighted by Gasteiger charge is 2.15. The third kappa shape index (κ3) is 2.82. The van der Waals surface area contributed by atoms with E-state index in [9.17, 15) is 9.90 Å². The van der Waals surface area contributed by atoms with E-state index >= 15 is 0 Å². The molecule has 0 aliphatic carbocycles. The van der Waals surface area contributed by atoms with Gasteiger partial charge in [0.25, 0.3) is 0 Å². The molecule has 20 heavy (non-hydrogen) atoms. The number of imidazole rings is 1. The summed E-state index contributed by atoms with van der Waals surface area (Å²) in [5.41, 5.74) is 1.70. The molecular formula is C15H20N2O3. The van der Waals surface area contributed by atoms with Crippen LogP contribution in [0.2, 0.25) is 0 Å². The molecule has 0 atom stereocenters. The maximum Gasteiger partial charge on any atom is 0.337 e. The number of carboxylic acids is 1. The molecule has 5 heteroatoms. The summed E-state index contributed by atoms with van der Waals surface area (Å²) in [5.74, 6) is -0.0270. The number of benzene rings is 1. The SMILES string of the molecule is CCc1nc2c(C(=O)O)cccc2n1CCCCCO. The van der Waals surface area contributed by atoms with Gasteiger partial charge in [0, 0.05) is 19.6 Å². The summed E-state index contributed by atoms with van der Waals surface area (Å²) in [7, 11) is 0. The molecule has 0 unspecified atom stereocenters. The maximum atomic E-state index is 11.2. The van der Waals surface area contributed by atoms with Gasteiger partial charge in [0.1, 0.15) is 11.3 Å². The number of aliphatic hydroxyl groups excluding tert-OH is 1. The van der Waals surface area contributed by atoms with Crippen molar-refractivity contribution in [3.05, 3.63) is 29.6 Å². The first kappa shape index (κ1) is 14.5. The minimum atomic E-state index is -0.941. The number of hydrogen-bond acceptors (Lipinski definition) is 3. The Balaban J connectivity index is 2.37. The molecule has 2 N–H and O–H groups in total. The monoisotopic (exact) mass is 276 g/mol. The number of hydrogen-bond donors (Lipinski definition) is 2. The molecule has 0 spiro atoms. The Morgan fingerprint density at radius 1 is 1.30 bits per heavy atom. The quantitative estimate of drug-likeness (QED) is 0.762. The molecule has 0 saturated heterocycles. The maximum absolute atomic E-state index is 11.2. The number of aromatic carboxylic acids is 1. The molecule has 108 valence electrons. The summed E-state index contributed by atoms with van der Waals surface area (Å²) in [6.07, 6.45) is 3.48. The minimum Gasteiger partial charge on any atom is -0.478 e. The van der Waals surface area contributed by atoms with E-state index in [1.54, 1.807) is 12.1 Å². The van der Waals surface area contributed by atoms with Gasteiger partial charge in [0.05, 0.1) is 11.1 Å². The van der Waals surface area contributed by atoms with Crippen LogP contribution in [0.1, 0.15) is 42.4 Å². The lowest BCUT2D eigenvalue weighted by Crippen LogP contribution is -2.03. The molecule has 0 aliphatic heterocycles. The first-order valence-electron chi connectivity index (χ1n) is 7.01. The molecule has 1 aromatic carbocycles. The van der Waals surface area contributed by atoms with E-state index in [1.165, 1.54) is 0 Å². The molecule has 2 rings (SSSR count). The minimum absolute atomic E-state index is 0.217. The summed E-state index contributed by atoms with van der Waals surface area (Å²) in [6, 6.07) is 5.27. The number of fused-ring (bicyclic) bond motifs is 1. The molecule has 2 aromatic rings. The standard InChI is InChI=1S/C15H20N2O3/c1-2-13-16-14-11(15(19)20)7-6-8-12(14)17(13)9-4-3-5-10-18/h6-8,18H,2-5,9-10H2,1H3,(H,19,20). The highest BCUT2D eigenvalue weighted by atomic mass is 16.4. The van der Waals surface area contributed by atoms with Gasteiger partial charge in [-0.3, -0.25) is 0 Å². The summed E-state index contributed by atoms with van der Waals surface area (Å²) in [4.78, 5) is 15.7. The summed E-state index contributed by atoms with van der Waals surface area (Å²) >= 11 is 0. The van der Waals surface area contributed by atoms with E-state index in [-0.39, 0.29) is 12.2 Å². The predicted octanol–water partition coefficient (Wildman–Crippen LogP) is 2.46. The van der Waals surface area contributed by atoms with Crippen LogP contribution in [0.3, 0.4) is 0 Å². The van der Waals surface area contributed by atoms with Crippen molar-refractivity contribution in [2.75, 3.05) is 6.61 Å². The van der Waals surface area contributed by atoms with Crippen LogP contribution in [-0.4, -0.2) is 32.3 Å². The predicted molar refractivity (Wildman–Crippen MR) is 77.0 cm³/mol. The average Bonchev–Trinajstić information content (AvgIpc) is 2.81. The average molecular weight is 276 g/mol. The summed E-state index contributed by atoms with van der Waals surface area (Å²) < 4.78 is 2.10. The zero-order valence-corrected chi connectivity index (χ0v) is 11.7. The fourth-order valence-electron chi connectivity index (χ4n) is 2.45. The van der Waals surface area contributed by atoms with Gasteiger partial charge >= 0.3 is 5.97 Å². The number of para-hydroxylation sites is 1. The molecule has 0 fully saturated rings. The lowest BCUT2D eigenvalue weighted by atomic mass is 10.2. The molecule has 1 heterocycles. The van der Waals surface area contributed by atoms with E-state index in [0.717, 1.165) is 43.6 Å². The zero-order valence-electron chi connectivity index (χ0n) is 11.7. The van der Waals surface area contributed by atoms with Crippen molar-refractivity contribution in [1.29, 1.82) is 0 Å². The van der Waals surface area contributed by atoms with Gasteiger partial charge in [-0.05, 0) is 31.4 Å². The fourth-order valence-corrected chi connectivity index (χ4v) is 2.45. The second-order valence-corrected chi connectivity index (χ2v) is 4.80. The zero-order chi connectivity index (χ0) is 14.5. The molecular weight excluding hydrogens is 256 g/mol. The summed E-state index contributed by atoms with van der Waals surface area (Å²) in [5, 5.41) is 18.0. The van der Waals surface area contributed by atoms with Gasteiger partial charge in [-0.15, -0.1) is 0 Å². The van der Waals surface area contributed by atoms with Crippen LogP contribution < -0.4 is 0 Å². The third-order valence-corrected chi connectivity index (χ3v) is 3.44. The molecule has 0 saturated carbocycles. The lowest BCUT2D eigenvalue weighted by Gasteiger charge is -2.07. The Bertz CT molecular complexity index is 604. The van der Waals surface area contributed by atoms with Crippen molar-refractivity contribution in [2.45, 2.75) is 39.2 Å². The number of rotatable bonds is 7. The first-order chi connectivity index (χ1) is 9.69. The Morgan fingerprint density at radius 2 is 2.10 bits per heavy atom. The van der Waals surface area contributed by atoms with E-state index in [0.29, 0.717) is 5.52 Å². The van der Waals surface area contributed by atoms with E-state index < -0.39 is 5.97 Å². The van der Waals surface area contributed by atoms with Gasteiger partial charge in [0.15, 0.2) is 0 Å². The molecule has 0 aliphatic rings. The number of carboxylic acid groups (broad SMARTS) is 1. The number of aromatic nitrogens is 2. The van der Waals surface area contributed by atoms with Crippen LogP contribution >= 0.6 is 0 Å². The van der Waals surface area contributed by atoms with Gasteiger partial charge in [-0.2, -0.15) is 0 Å². The van der Waals surface area contributed by atoms with Gasteiger partial charge in [-0.1, -0.05) is 13.0 Å². The molecule has 1 aromatic heterocycles. The smallest absolute Gasteiger partial charge is 0.337 e. The number of unbranched alkanes of at least 4 members (excludes halogenated alkanes) is 2. The van der Waals surface area contributed by atoms with Crippen molar-refractivity contribution in [3.63, 3.8) is 0 Å². The Morgan fingerprint density at radius 3 is 2.75 bits per heavy atom. The van der Waals surface area contributed by atoms with Crippen molar-refractivity contribution in [2.24, 2.45) is 0 Å². The van der Waals surface area contributed by atoms with Crippen molar-refractivity contribution in [1.82, 2.24) is 9.55 Å². The first-order valence-corrected chi connectivity index (χ1v) is 7.01. The third-order valence-electron chi connectivity index (χ3n) is 3.44. The Labute approximate surface area is 117 Å². The van der Waals surface area contributed by atoms with Crippen molar-refractivity contribution in [3.8, 4) is 0 Å². The van der Waals surface area contributed by atoms with Crippen LogP contribution in [0, 0.1) is 0 Å². The van der Waals surface area contributed by atoms with Crippen molar-refractivity contribution >= 4 is 17.0 Å². The number of nitrogens with zero attached hydrogens (tertiary/aromatic N) is 2. The molecule has 5 nitrogen and oxygen atoms in total. The highest BCUT2D eigenvalue weighted by Crippen LogP contribution is 2.21. The van der Waals surface area contributed by atoms with E-state index in [4.69, 9.17) is 5.11 Å². The van der Waals surface area contributed by atoms with E-state index in [2.05, 4.69) is 9.55 Å². The van der Waals surface area contributed by atoms with Crippen LogP contribution in [0.25, 0.3) is 11.0 Å². The van der Waals surface area contributed by atoms with Gasteiger partial charge < -0.3 is 14.8 Å². The Hall–Kier alpha value is -1.88. The fraction of sp³-hybridized carbons (Fsp3) is 0.467. The van der Waals surface area contributed by atoms with Gasteiger partial charge in [-0.25, -0.2) is 9.78 Å². The van der Waals surface area contributed by atoms with Crippen LogP contribution in [0.5, 0.6) is 0 Å². The number of aryl methyl sites for hydroxylation is 2. The van der Waals surface area contributed by atoms with Crippen LogP contribution in [-0.2, 0) is 13.0 Å². The Kier molecular flexibility index (Phi) is 4.74.